The Morgan fingerprint density at radius 1 is 1.14 bits per heavy atom. The van der Waals surface area contributed by atoms with Gasteiger partial charge in [-0.25, -0.2) is 23.9 Å². The first-order valence-electron chi connectivity index (χ1n) is 14.3. The third-order valence-electron chi connectivity index (χ3n) is 8.04. The van der Waals surface area contributed by atoms with E-state index in [1.165, 1.54) is 18.6 Å². The van der Waals surface area contributed by atoms with Crippen LogP contribution < -0.4 is 19.9 Å². The molecule has 1 amide bonds. The van der Waals surface area contributed by atoms with Crippen LogP contribution in [0.3, 0.4) is 0 Å². The van der Waals surface area contributed by atoms with Crippen LogP contribution in [0.2, 0.25) is 0 Å². The molecule has 0 bridgehead atoms. The molecule has 0 radical (unpaired) electrons. The minimum Gasteiger partial charge on any atom is -0.497 e. The number of nitrogens with zero attached hydrogens (tertiary/aromatic N) is 7. The molecule has 3 aromatic heterocycles. The number of carbonyl (C=O) groups is 2. The molecule has 0 saturated heterocycles. The summed E-state index contributed by atoms with van der Waals surface area (Å²) in [6, 6.07) is 15.3. The lowest BCUT2D eigenvalue weighted by molar-refractivity contribution is 0.0940. The van der Waals surface area contributed by atoms with Crippen LogP contribution in [0.25, 0.3) is 17.0 Å². The van der Waals surface area contributed by atoms with Gasteiger partial charge in [0.25, 0.3) is 5.91 Å². The van der Waals surface area contributed by atoms with Gasteiger partial charge in [-0.15, -0.1) is 5.10 Å². The first-order valence-corrected chi connectivity index (χ1v) is 14.3. The van der Waals surface area contributed by atoms with Gasteiger partial charge in [-0.05, 0) is 35.7 Å². The molecule has 2 aliphatic rings. The summed E-state index contributed by atoms with van der Waals surface area (Å²) in [4.78, 5) is 41.8. The Balaban J connectivity index is 1.29. The molecule has 0 unspecified atom stereocenters. The number of aldehydes is 1. The van der Waals surface area contributed by atoms with E-state index >= 15 is 0 Å². The van der Waals surface area contributed by atoms with Crippen LogP contribution in [0.15, 0.2) is 67.1 Å². The number of ether oxygens (including phenoxy) is 1. The number of amides is 1. The number of hydrogen-bond donors (Lipinski definition) is 1. The van der Waals surface area contributed by atoms with Crippen molar-refractivity contribution in [1.82, 2.24) is 29.9 Å². The Labute approximate surface area is 252 Å². The van der Waals surface area contributed by atoms with Gasteiger partial charge in [-0.1, -0.05) is 24.3 Å². The van der Waals surface area contributed by atoms with Crippen molar-refractivity contribution in [3.8, 4) is 17.1 Å². The summed E-state index contributed by atoms with van der Waals surface area (Å²) < 4.78 is 20.5. The number of anilines is 3. The molecule has 12 heteroatoms. The molecule has 2 aromatic carbocycles. The second kappa shape index (κ2) is 11.0. The molecule has 11 nitrogen and oxygen atoms in total. The van der Waals surface area contributed by atoms with Gasteiger partial charge in [-0.2, -0.15) is 0 Å². The topological polar surface area (TPSA) is 118 Å². The first-order chi connectivity index (χ1) is 21.4. The Bertz CT molecular complexity index is 1880. The molecular weight excluding hydrogens is 563 g/mol. The summed E-state index contributed by atoms with van der Waals surface area (Å²) in [6.07, 6.45) is 5.24. The normalized spacial score (nSPS) is 16.9. The fourth-order valence-corrected chi connectivity index (χ4v) is 5.57. The van der Waals surface area contributed by atoms with E-state index in [2.05, 4.69) is 30.1 Å². The SMILES string of the molecule is COc1ccc(CN(C)c2cc(N3CCc4c(-c5ncc(C=O)cn5)cccc43)nn3c(C(=O)N[C@@H]4C[C@@H]4F)cnc23)cc1. The summed E-state index contributed by atoms with van der Waals surface area (Å²) in [6.45, 7) is 1.21. The van der Waals surface area contributed by atoms with Crippen LogP contribution >= 0.6 is 0 Å². The Kier molecular flexibility index (Phi) is 6.88. The molecule has 44 heavy (non-hydrogen) atoms. The molecule has 1 fully saturated rings. The lowest BCUT2D eigenvalue weighted by Gasteiger charge is -2.24. The van der Waals surface area contributed by atoms with Gasteiger partial charge in [0.15, 0.2) is 29.3 Å². The molecule has 222 valence electrons. The third kappa shape index (κ3) is 4.97. The van der Waals surface area contributed by atoms with E-state index in [9.17, 15) is 14.0 Å². The maximum Gasteiger partial charge on any atom is 0.271 e. The molecule has 1 saturated carbocycles. The maximum atomic E-state index is 13.6. The molecule has 7 rings (SSSR count). The largest absolute Gasteiger partial charge is 0.497 e. The highest BCUT2D eigenvalue weighted by molar-refractivity contribution is 5.94. The highest BCUT2D eigenvalue weighted by Crippen LogP contribution is 2.40. The monoisotopic (exact) mass is 592 g/mol. The fourth-order valence-electron chi connectivity index (χ4n) is 5.57. The van der Waals surface area contributed by atoms with Crippen molar-refractivity contribution in [2.45, 2.75) is 31.6 Å². The summed E-state index contributed by atoms with van der Waals surface area (Å²) in [5, 5.41) is 7.64. The van der Waals surface area contributed by atoms with Gasteiger partial charge >= 0.3 is 0 Å². The van der Waals surface area contributed by atoms with Gasteiger partial charge in [0, 0.05) is 56.3 Å². The van der Waals surface area contributed by atoms with Crippen molar-refractivity contribution < 1.29 is 18.7 Å². The third-order valence-corrected chi connectivity index (χ3v) is 8.04. The summed E-state index contributed by atoms with van der Waals surface area (Å²) in [5.74, 6) is 1.52. The van der Waals surface area contributed by atoms with Crippen LogP contribution in [-0.2, 0) is 13.0 Å². The van der Waals surface area contributed by atoms with Gasteiger partial charge in [0.05, 0.1) is 30.6 Å². The average molecular weight is 593 g/mol. The van der Waals surface area contributed by atoms with Crippen molar-refractivity contribution in [1.29, 1.82) is 0 Å². The zero-order valence-corrected chi connectivity index (χ0v) is 24.1. The lowest BCUT2D eigenvalue weighted by atomic mass is 10.0. The number of benzene rings is 2. The van der Waals surface area contributed by atoms with Gasteiger partial charge in [0.1, 0.15) is 11.9 Å². The number of imidazole rings is 1. The summed E-state index contributed by atoms with van der Waals surface area (Å²) in [5.41, 5.74) is 5.89. The molecule has 1 aliphatic carbocycles. The number of nitrogens with one attached hydrogen (secondary N) is 1. The van der Waals surface area contributed by atoms with E-state index in [-0.39, 0.29) is 5.69 Å². The van der Waals surface area contributed by atoms with Gasteiger partial charge < -0.3 is 19.9 Å². The minimum absolute atomic E-state index is 0.233. The number of carbonyl (C=O) groups excluding carboxylic acids is 2. The molecule has 2 atom stereocenters. The number of hydrogen-bond acceptors (Lipinski definition) is 9. The standard InChI is InChI=1S/C32H29FN8O3/c1-39(17-19-6-8-21(44-2)9-7-19)27-13-29(38-41-28(16-36-31(27)41)32(43)37-25-12-24(25)33)40-11-10-22-23(4-3-5-26(22)40)30-34-14-20(18-42)15-35-30/h3-9,13-16,18,24-25H,10-12,17H2,1-2H3,(H,37,43)/t24-,25+/m0/s1. The van der Waals surface area contributed by atoms with Crippen molar-refractivity contribution in [2.24, 2.45) is 0 Å². The van der Waals surface area contributed by atoms with Gasteiger partial charge in [0.2, 0.25) is 0 Å². The quantitative estimate of drug-likeness (QED) is 0.252. The molecular formula is C32H29FN8O3. The smallest absolute Gasteiger partial charge is 0.271 e. The molecule has 0 spiro atoms. The first kappa shape index (κ1) is 27.4. The predicted octanol–water partition coefficient (Wildman–Crippen LogP) is 4.18. The summed E-state index contributed by atoms with van der Waals surface area (Å²) in [7, 11) is 3.60. The average Bonchev–Trinajstić information content (AvgIpc) is 3.40. The van der Waals surface area contributed by atoms with Crippen molar-refractivity contribution in [3.05, 3.63) is 89.5 Å². The lowest BCUT2D eigenvalue weighted by Crippen LogP contribution is -2.29. The van der Waals surface area contributed by atoms with Crippen molar-refractivity contribution >= 4 is 35.0 Å². The van der Waals surface area contributed by atoms with Crippen LogP contribution in [0, 0.1) is 0 Å². The fraction of sp³-hybridized carbons (Fsp3) is 0.250. The van der Waals surface area contributed by atoms with Crippen LogP contribution in [0.1, 0.15) is 38.4 Å². The minimum atomic E-state index is -1.03. The highest BCUT2D eigenvalue weighted by Gasteiger charge is 2.39. The molecule has 4 heterocycles. The van der Waals surface area contributed by atoms with Crippen LogP contribution in [0.4, 0.5) is 21.6 Å². The van der Waals surface area contributed by atoms with E-state index in [0.29, 0.717) is 42.4 Å². The predicted molar refractivity (Wildman–Crippen MR) is 162 cm³/mol. The van der Waals surface area contributed by atoms with E-state index in [1.807, 2.05) is 55.6 Å². The highest BCUT2D eigenvalue weighted by atomic mass is 19.1. The van der Waals surface area contributed by atoms with Crippen LogP contribution in [0.5, 0.6) is 5.75 Å². The number of alkyl halides is 1. The van der Waals surface area contributed by atoms with Crippen LogP contribution in [-0.4, -0.2) is 69.7 Å². The van der Waals surface area contributed by atoms with E-state index in [4.69, 9.17) is 9.84 Å². The number of fused-ring (bicyclic) bond motifs is 2. The second-order valence-electron chi connectivity index (χ2n) is 11.0. The zero-order valence-electron chi connectivity index (χ0n) is 24.1. The number of aromatic nitrogens is 5. The Hall–Kier alpha value is -5.39. The van der Waals surface area contributed by atoms with E-state index < -0.39 is 18.1 Å². The zero-order chi connectivity index (χ0) is 30.4. The van der Waals surface area contributed by atoms with E-state index in [1.54, 1.807) is 11.6 Å². The van der Waals surface area contributed by atoms with Gasteiger partial charge in [-0.3, -0.25) is 9.59 Å². The van der Waals surface area contributed by atoms with Crippen molar-refractivity contribution in [3.63, 3.8) is 0 Å². The molecule has 1 N–H and O–H groups in total. The Morgan fingerprint density at radius 2 is 1.91 bits per heavy atom. The second-order valence-corrected chi connectivity index (χ2v) is 11.0. The Morgan fingerprint density at radius 3 is 2.61 bits per heavy atom. The maximum absolute atomic E-state index is 13.6. The van der Waals surface area contributed by atoms with E-state index in [0.717, 1.165) is 46.5 Å². The van der Waals surface area contributed by atoms with Crippen molar-refractivity contribution in [2.75, 3.05) is 30.5 Å². The summed E-state index contributed by atoms with van der Waals surface area (Å²) >= 11 is 0. The molecule has 5 aromatic rings. The number of methoxy groups -OCH3 is 1. The number of rotatable bonds is 9. The molecule has 1 aliphatic heterocycles. The number of halogens is 1.